The Labute approximate surface area is 84.0 Å². The summed E-state index contributed by atoms with van der Waals surface area (Å²) in [5.41, 5.74) is 0. The highest BCUT2D eigenvalue weighted by Crippen LogP contribution is 2.16. The zero-order valence-corrected chi connectivity index (χ0v) is 8.45. The van der Waals surface area contributed by atoms with Crippen LogP contribution in [0.2, 0.25) is 0 Å². The van der Waals surface area contributed by atoms with Crippen LogP contribution in [0.1, 0.15) is 12.8 Å². The minimum Gasteiger partial charge on any atom is -0.359 e. The molecule has 0 radical (unpaired) electrons. The van der Waals surface area contributed by atoms with Gasteiger partial charge in [-0.25, -0.2) is 0 Å². The molecule has 4 heteroatoms. The molecule has 1 atom stereocenters. The molecule has 0 aromatic carbocycles. The number of hydrogen-bond acceptors (Lipinski definition) is 2. The van der Waals surface area contributed by atoms with Gasteiger partial charge in [-0.2, -0.15) is 0 Å². The minimum absolute atomic E-state index is 0.0200. The first-order valence-corrected chi connectivity index (χ1v) is 4.82. The first-order valence-electron chi connectivity index (χ1n) is 4.82. The highest BCUT2D eigenvalue weighted by molar-refractivity contribution is 5.88. The summed E-state index contributed by atoms with van der Waals surface area (Å²) in [5, 5.41) is 2.61. The van der Waals surface area contributed by atoms with E-state index in [0.29, 0.717) is 6.54 Å². The van der Waals surface area contributed by atoms with Crippen LogP contribution in [0.25, 0.3) is 0 Å². The Balaban J connectivity index is 2.55. The summed E-state index contributed by atoms with van der Waals surface area (Å²) in [4.78, 5) is 24.3. The Bertz CT molecular complexity index is 251. The van der Waals surface area contributed by atoms with E-state index in [1.54, 1.807) is 11.9 Å². The second-order valence-corrected chi connectivity index (χ2v) is 3.44. The first kappa shape index (κ1) is 10.8. The molecule has 1 fully saturated rings. The van der Waals surface area contributed by atoms with E-state index in [4.69, 9.17) is 0 Å². The van der Waals surface area contributed by atoms with Crippen molar-refractivity contribution in [3.05, 3.63) is 12.7 Å². The van der Waals surface area contributed by atoms with Gasteiger partial charge in [-0.3, -0.25) is 9.59 Å². The lowest BCUT2D eigenvalue weighted by Crippen LogP contribution is -2.44. The van der Waals surface area contributed by atoms with Crippen molar-refractivity contribution in [2.24, 2.45) is 5.92 Å². The predicted octanol–water partition coefficient (Wildman–Crippen LogP) is 0.157. The zero-order chi connectivity index (χ0) is 10.6. The Morgan fingerprint density at radius 2 is 2.29 bits per heavy atom. The van der Waals surface area contributed by atoms with Gasteiger partial charge in [0.2, 0.25) is 11.8 Å². The lowest BCUT2D eigenvalue weighted by Gasteiger charge is -2.30. The number of amides is 2. The maximum atomic E-state index is 11.3. The lowest BCUT2D eigenvalue weighted by atomic mass is 9.97. The molecule has 1 unspecified atom stereocenters. The molecule has 1 rings (SSSR count). The summed E-state index contributed by atoms with van der Waals surface area (Å²) in [6, 6.07) is 0. The van der Waals surface area contributed by atoms with E-state index in [2.05, 4.69) is 11.9 Å². The molecule has 1 N–H and O–H groups in total. The fraction of sp³-hybridized carbons (Fsp3) is 0.600. The van der Waals surface area contributed by atoms with Crippen LogP contribution in [0.4, 0.5) is 0 Å². The number of rotatable bonds is 2. The number of carbonyl (C=O) groups is 2. The Hall–Kier alpha value is -1.32. The maximum Gasteiger partial charge on any atom is 0.245 e. The summed E-state index contributed by atoms with van der Waals surface area (Å²) >= 11 is 0. The third-order valence-corrected chi connectivity index (χ3v) is 2.52. The molecule has 0 spiro atoms. The first-order chi connectivity index (χ1) is 6.69. The van der Waals surface area contributed by atoms with E-state index >= 15 is 0 Å². The van der Waals surface area contributed by atoms with Crippen molar-refractivity contribution >= 4 is 11.8 Å². The van der Waals surface area contributed by atoms with Crippen molar-refractivity contribution in [2.45, 2.75) is 12.8 Å². The van der Waals surface area contributed by atoms with Crippen LogP contribution in [0, 0.1) is 5.92 Å². The van der Waals surface area contributed by atoms with E-state index < -0.39 is 0 Å². The minimum atomic E-state index is -0.0846. The average Bonchev–Trinajstić information content (AvgIpc) is 2.27. The van der Waals surface area contributed by atoms with Gasteiger partial charge in [-0.1, -0.05) is 6.58 Å². The molecule has 78 valence electrons. The van der Waals surface area contributed by atoms with Crippen LogP contribution in [0.3, 0.4) is 0 Å². The van der Waals surface area contributed by atoms with Crippen molar-refractivity contribution in [3.63, 3.8) is 0 Å². The van der Waals surface area contributed by atoms with Gasteiger partial charge in [-0.05, 0) is 18.9 Å². The van der Waals surface area contributed by atoms with Gasteiger partial charge in [0.15, 0.2) is 0 Å². The molecule has 0 saturated carbocycles. The molecule has 0 aromatic heterocycles. The number of hydrogen-bond donors (Lipinski definition) is 1. The van der Waals surface area contributed by atoms with E-state index in [-0.39, 0.29) is 17.7 Å². The quantitative estimate of drug-likeness (QED) is 0.639. The predicted molar refractivity (Wildman–Crippen MR) is 53.6 cm³/mol. The fourth-order valence-corrected chi connectivity index (χ4v) is 1.72. The second kappa shape index (κ2) is 4.79. The number of carbonyl (C=O) groups excluding carboxylic acids is 2. The molecule has 4 nitrogen and oxygen atoms in total. The SMILES string of the molecule is C=CC(=O)N1CCCC(C(=O)NC)C1. The standard InChI is InChI=1S/C10H16N2O2/c1-3-9(13)12-6-4-5-8(7-12)10(14)11-2/h3,8H,1,4-7H2,2H3,(H,11,14). The Kier molecular flexibility index (Phi) is 3.68. The monoisotopic (exact) mass is 196 g/mol. The molecule has 1 aliphatic heterocycles. The third kappa shape index (κ3) is 2.34. The zero-order valence-electron chi connectivity index (χ0n) is 8.45. The van der Waals surface area contributed by atoms with Gasteiger partial charge in [0.05, 0.1) is 5.92 Å². The van der Waals surface area contributed by atoms with E-state index in [1.807, 2.05) is 0 Å². The van der Waals surface area contributed by atoms with Gasteiger partial charge in [-0.15, -0.1) is 0 Å². The van der Waals surface area contributed by atoms with Crippen molar-refractivity contribution < 1.29 is 9.59 Å². The van der Waals surface area contributed by atoms with Crippen molar-refractivity contribution in [2.75, 3.05) is 20.1 Å². The average molecular weight is 196 g/mol. The molecular formula is C10H16N2O2. The van der Waals surface area contributed by atoms with Gasteiger partial charge < -0.3 is 10.2 Å². The van der Waals surface area contributed by atoms with Crippen LogP contribution in [0.5, 0.6) is 0 Å². The van der Waals surface area contributed by atoms with Gasteiger partial charge in [0.25, 0.3) is 0 Å². The highest BCUT2D eigenvalue weighted by Gasteiger charge is 2.26. The molecule has 1 heterocycles. The van der Waals surface area contributed by atoms with Gasteiger partial charge >= 0.3 is 0 Å². The lowest BCUT2D eigenvalue weighted by molar-refractivity contribution is -0.131. The number of nitrogens with zero attached hydrogens (tertiary/aromatic N) is 1. The summed E-state index contributed by atoms with van der Waals surface area (Å²) in [6.45, 7) is 4.69. The molecule has 0 bridgehead atoms. The summed E-state index contributed by atoms with van der Waals surface area (Å²) in [5.74, 6) is -0.122. The number of piperidine rings is 1. The van der Waals surface area contributed by atoms with Crippen molar-refractivity contribution in [1.29, 1.82) is 0 Å². The molecule has 2 amide bonds. The normalized spacial score (nSPS) is 21.5. The van der Waals surface area contributed by atoms with Crippen LogP contribution < -0.4 is 5.32 Å². The van der Waals surface area contributed by atoms with Crippen molar-refractivity contribution in [1.82, 2.24) is 10.2 Å². The fourth-order valence-electron chi connectivity index (χ4n) is 1.72. The molecule has 0 aromatic rings. The third-order valence-electron chi connectivity index (χ3n) is 2.52. The van der Waals surface area contributed by atoms with Gasteiger partial charge in [0.1, 0.15) is 0 Å². The molecule has 1 saturated heterocycles. The largest absolute Gasteiger partial charge is 0.359 e. The van der Waals surface area contributed by atoms with Crippen LogP contribution >= 0.6 is 0 Å². The highest BCUT2D eigenvalue weighted by atomic mass is 16.2. The van der Waals surface area contributed by atoms with Crippen LogP contribution in [-0.2, 0) is 9.59 Å². The second-order valence-electron chi connectivity index (χ2n) is 3.44. The van der Waals surface area contributed by atoms with E-state index in [0.717, 1.165) is 19.4 Å². The number of nitrogens with one attached hydrogen (secondary N) is 1. The summed E-state index contributed by atoms with van der Waals surface area (Å²) < 4.78 is 0. The molecular weight excluding hydrogens is 180 g/mol. The smallest absolute Gasteiger partial charge is 0.245 e. The van der Waals surface area contributed by atoms with E-state index in [1.165, 1.54) is 6.08 Å². The van der Waals surface area contributed by atoms with Crippen molar-refractivity contribution in [3.8, 4) is 0 Å². The summed E-state index contributed by atoms with van der Waals surface area (Å²) in [6.07, 6.45) is 3.05. The van der Waals surface area contributed by atoms with Crippen LogP contribution in [-0.4, -0.2) is 36.9 Å². The molecule has 14 heavy (non-hydrogen) atoms. The topological polar surface area (TPSA) is 49.4 Å². The Morgan fingerprint density at radius 1 is 1.57 bits per heavy atom. The molecule has 0 aliphatic carbocycles. The molecule has 1 aliphatic rings. The summed E-state index contributed by atoms with van der Waals surface area (Å²) in [7, 11) is 1.62. The van der Waals surface area contributed by atoms with E-state index in [9.17, 15) is 9.59 Å². The van der Waals surface area contributed by atoms with Crippen LogP contribution in [0.15, 0.2) is 12.7 Å². The number of likely N-dealkylation sites (tertiary alicyclic amines) is 1. The maximum absolute atomic E-state index is 11.3. The van der Waals surface area contributed by atoms with Gasteiger partial charge in [0, 0.05) is 20.1 Å². The Morgan fingerprint density at radius 3 is 2.86 bits per heavy atom.